The summed E-state index contributed by atoms with van der Waals surface area (Å²) in [7, 11) is 0. The van der Waals surface area contributed by atoms with Gasteiger partial charge in [0, 0.05) is 12.6 Å². The van der Waals surface area contributed by atoms with Gasteiger partial charge in [0.05, 0.1) is 11.3 Å². The zero-order chi connectivity index (χ0) is 14.7. The quantitative estimate of drug-likeness (QED) is 0.568. The Kier molecular flexibility index (Phi) is 3.93. The third-order valence-electron chi connectivity index (χ3n) is 3.05. The van der Waals surface area contributed by atoms with Crippen molar-refractivity contribution in [3.8, 4) is 5.75 Å². The molecule has 20 heavy (non-hydrogen) atoms. The molecule has 1 aliphatic carbocycles. The number of nitrogens with one attached hydrogen (secondary N) is 1. The standard InChI is InChI=1S/C14H16N2O4/c1-2-7-16(9-3-4-9)14(20)15-12-6-5-10(17)8-11(12)13(18)19/h2,5-6,8-9,17H,1,3-4,7H2,(H,15,20)(H,18,19). The smallest absolute Gasteiger partial charge is 0.337 e. The van der Waals surface area contributed by atoms with Gasteiger partial charge in [0.2, 0.25) is 0 Å². The number of hydrogen-bond donors (Lipinski definition) is 3. The summed E-state index contributed by atoms with van der Waals surface area (Å²) in [5, 5.41) is 21.0. The number of nitrogens with zero attached hydrogens (tertiary/aromatic N) is 1. The lowest BCUT2D eigenvalue weighted by molar-refractivity contribution is 0.0697. The monoisotopic (exact) mass is 276 g/mol. The molecule has 0 unspecified atom stereocenters. The van der Waals surface area contributed by atoms with E-state index in [0.717, 1.165) is 18.9 Å². The van der Waals surface area contributed by atoms with Gasteiger partial charge in [0.15, 0.2) is 0 Å². The van der Waals surface area contributed by atoms with E-state index in [-0.39, 0.29) is 29.1 Å². The molecule has 1 aromatic rings. The molecule has 0 aromatic heterocycles. The van der Waals surface area contributed by atoms with Crippen molar-refractivity contribution in [2.24, 2.45) is 0 Å². The highest BCUT2D eigenvalue weighted by molar-refractivity contribution is 6.00. The number of carboxylic acids is 1. The van der Waals surface area contributed by atoms with Gasteiger partial charge in [-0.1, -0.05) is 6.08 Å². The van der Waals surface area contributed by atoms with E-state index in [1.165, 1.54) is 12.1 Å². The molecule has 1 fully saturated rings. The predicted molar refractivity (Wildman–Crippen MR) is 74.0 cm³/mol. The number of carbonyl (C=O) groups is 2. The van der Waals surface area contributed by atoms with Crippen molar-refractivity contribution in [3.63, 3.8) is 0 Å². The molecular weight excluding hydrogens is 260 g/mol. The van der Waals surface area contributed by atoms with Crippen LogP contribution in [0.4, 0.5) is 10.5 Å². The summed E-state index contributed by atoms with van der Waals surface area (Å²) < 4.78 is 0. The number of anilines is 1. The summed E-state index contributed by atoms with van der Waals surface area (Å²) in [6.45, 7) is 4.02. The summed E-state index contributed by atoms with van der Waals surface area (Å²) in [5.74, 6) is -1.37. The summed E-state index contributed by atoms with van der Waals surface area (Å²) in [5.41, 5.74) is 0.0164. The van der Waals surface area contributed by atoms with Crippen molar-refractivity contribution >= 4 is 17.7 Å². The molecule has 3 N–H and O–H groups in total. The second kappa shape index (κ2) is 5.64. The lowest BCUT2D eigenvalue weighted by Crippen LogP contribution is -2.37. The number of benzene rings is 1. The Morgan fingerprint density at radius 3 is 2.70 bits per heavy atom. The Bertz CT molecular complexity index is 552. The molecule has 1 saturated carbocycles. The molecule has 1 aromatic carbocycles. The molecule has 0 atom stereocenters. The van der Waals surface area contributed by atoms with Crippen LogP contribution >= 0.6 is 0 Å². The lowest BCUT2D eigenvalue weighted by atomic mass is 10.1. The molecule has 0 aliphatic heterocycles. The van der Waals surface area contributed by atoms with Gasteiger partial charge < -0.3 is 20.4 Å². The molecule has 2 rings (SSSR count). The number of aromatic carboxylic acids is 1. The van der Waals surface area contributed by atoms with E-state index < -0.39 is 5.97 Å². The van der Waals surface area contributed by atoms with Crippen LogP contribution in [0.15, 0.2) is 30.9 Å². The Labute approximate surface area is 116 Å². The summed E-state index contributed by atoms with van der Waals surface area (Å²) in [6, 6.07) is 3.64. The second-order valence-electron chi connectivity index (χ2n) is 4.64. The van der Waals surface area contributed by atoms with E-state index in [0.29, 0.717) is 6.54 Å². The number of amides is 2. The maximum atomic E-state index is 12.2. The predicted octanol–water partition coefficient (Wildman–Crippen LogP) is 2.27. The number of aromatic hydroxyl groups is 1. The second-order valence-corrected chi connectivity index (χ2v) is 4.64. The molecule has 6 nitrogen and oxygen atoms in total. The van der Waals surface area contributed by atoms with Crippen molar-refractivity contribution in [1.82, 2.24) is 4.90 Å². The van der Waals surface area contributed by atoms with E-state index in [2.05, 4.69) is 11.9 Å². The first-order valence-corrected chi connectivity index (χ1v) is 6.27. The van der Waals surface area contributed by atoms with Crippen molar-refractivity contribution in [3.05, 3.63) is 36.4 Å². The minimum absolute atomic E-state index is 0.146. The Morgan fingerprint density at radius 2 is 2.15 bits per heavy atom. The number of carbonyl (C=O) groups excluding carboxylic acids is 1. The van der Waals surface area contributed by atoms with Crippen molar-refractivity contribution < 1.29 is 19.8 Å². The van der Waals surface area contributed by atoms with Gasteiger partial charge in [-0.25, -0.2) is 9.59 Å². The summed E-state index contributed by atoms with van der Waals surface area (Å²) in [6.07, 6.45) is 3.53. The minimum atomic E-state index is -1.21. The van der Waals surface area contributed by atoms with Crippen LogP contribution in [0.5, 0.6) is 5.75 Å². The molecular formula is C14H16N2O4. The third kappa shape index (κ3) is 3.09. The van der Waals surface area contributed by atoms with Gasteiger partial charge in [0.1, 0.15) is 5.75 Å². The first-order chi connectivity index (χ1) is 9.52. The molecule has 6 heteroatoms. The van der Waals surface area contributed by atoms with Crippen LogP contribution in [0.3, 0.4) is 0 Å². The van der Waals surface area contributed by atoms with Crippen LogP contribution < -0.4 is 5.32 Å². The number of hydrogen-bond acceptors (Lipinski definition) is 3. The fourth-order valence-electron chi connectivity index (χ4n) is 1.93. The first kappa shape index (κ1) is 13.9. The average Bonchev–Trinajstić information content (AvgIpc) is 3.22. The summed E-state index contributed by atoms with van der Waals surface area (Å²) in [4.78, 5) is 24.9. The van der Waals surface area contributed by atoms with Crippen LogP contribution in [0.2, 0.25) is 0 Å². The highest BCUT2D eigenvalue weighted by Crippen LogP contribution is 2.28. The molecule has 106 valence electrons. The molecule has 0 spiro atoms. The third-order valence-corrected chi connectivity index (χ3v) is 3.05. The summed E-state index contributed by atoms with van der Waals surface area (Å²) >= 11 is 0. The molecule has 2 amide bonds. The van der Waals surface area contributed by atoms with Crippen molar-refractivity contribution in [1.29, 1.82) is 0 Å². The van der Waals surface area contributed by atoms with Crippen LogP contribution in [0, 0.1) is 0 Å². The topological polar surface area (TPSA) is 89.9 Å². The van der Waals surface area contributed by atoms with E-state index in [1.54, 1.807) is 11.0 Å². The highest BCUT2D eigenvalue weighted by Gasteiger charge is 2.32. The number of rotatable bonds is 5. The van der Waals surface area contributed by atoms with Gasteiger partial charge in [-0.05, 0) is 31.0 Å². The van der Waals surface area contributed by atoms with Gasteiger partial charge in [-0.2, -0.15) is 0 Å². The zero-order valence-electron chi connectivity index (χ0n) is 10.9. The van der Waals surface area contributed by atoms with Crippen LogP contribution in [0.1, 0.15) is 23.2 Å². The normalized spacial score (nSPS) is 13.6. The van der Waals surface area contributed by atoms with Gasteiger partial charge >= 0.3 is 12.0 Å². The Morgan fingerprint density at radius 1 is 1.45 bits per heavy atom. The van der Waals surface area contributed by atoms with E-state index in [4.69, 9.17) is 5.11 Å². The molecule has 0 bridgehead atoms. The molecule has 1 aliphatic rings. The van der Waals surface area contributed by atoms with Gasteiger partial charge in [0.25, 0.3) is 0 Å². The van der Waals surface area contributed by atoms with E-state index in [9.17, 15) is 14.7 Å². The zero-order valence-corrected chi connectivity index (χ0v) is 10.9. The molecule has 0 radical (unpaired) electrons. The Hall–Kier alpha value is -2.50. The Balaban J connectivity index is 2.18. The maximum Gasteiger partial charge on any atom is 0.337 e. The van der Waals surface area contributed by atoms with E-state index >= 15 is 0 Å². The average molecular weight is 276 g/mol. The number of phenolic OH excluding ortho intramolecular Hbond substituents is 1. The largest absolute Gasteiger partial charge is 0.508 e. The minimum Gasteiger partial charge on any atom is -0.508 e. The number of urea groups is 1. The van der Waals surface area contributed by atoms with Crippen LogP contribution in [-0.2, 0) is 0 Å². The van der Waals surface area contributed by atoms with Crippen molar-refractivity contribution in [2.75, 3.05) is 11.9 Å². The lowest BCUT2D eigenvalue weighted by Gasteiger charge is -2.21. The fraction of sp³-hybridized carbons (Fsp3) is 0.286. The van der Waals surface area contributed by atoms with Crippen molar-refractivity contribution in [2.45, 2.75) is 18.9 Å². The van der Waals surface area contributed by atoms with Gasteiger partial charge in [-0.15, -0.1) is 6.58 Å². The fourth-order valence-corrected chi connectivity index (χ4v) is 1.93. The SMILES string of the molecule is C=CCN(C(=O)Nc1ccc(O)cc1C(=O)O)C1CC1. The molecule has 0 saturated heterocycles. The first-order valence-electron chi connectivity index (χ1n) is 6.27. The van der Waals surface area contributed by atoms with Crippen LogP contribution in [0.25, 0.3) is 0 Å². The molecule has 0 heterocycles. The van der Waals surface area contributed by atoms with Crippen LogP contribution in [-0.4, -0.2) is 39.7 Å². The van der Waals surface area contributed by atoms with Gasteiger partial charge in [-0.3, -0.25) is 0 Å². The maximum absolute atomic E-state index is 12.2. The number of carboxylic acid groups (broad SMARTS) is 1. The number of phenols is 1. The highest BCUT2D eigenvalue weighted by atomic mass is 16.4. The van der Waals surface area contributed by atoms with E-state index in [1.807, 2.05) is 0 Å².